The van der Waals surface area contributed by atoms with E-state index >= 15 is 0 Å². The lowest BCUT2D eigenvalue weighted by molar-refractivity contribution is -0.233. The number of aromatic nitrogens is 1. The van der Waals surface area contributed by atoms with Crippen LogP contribution in [0.5, 0.6) is 0 Å². The van der Waals surface area contributed by atoms with Crippen LogP contribution < -0.4 is 0 Å². The number of nitrogens with zero attached hydrogens (tertiary/aromatic N) is 1. The fourth-order valence-corrected chi connectivity index (χ4v) is 12.3. The molecule has 3 nitrogen and oxygen atoms in total. The third-order valence-electron chi connectivity index (χ3n) is 14.1. The number of hydrogen-bond acceptors (Lipinski definition) is 3. The van der Waals surface area contributed by atoms with Crippen LogP contribution in [0.1, 0.15) is 111 Å². The van der Waals surface area contributed by atoms with Gasteiger partial charge in [-0.05, 0) is 109 Å². The molecule has 0 amide bonds. The topological polar surface area (TPSA) is 35.3 Å². The Bertz CT molecular complexity index is 1020. The van der Waals surface area contributed by atoms with Gasteiger partial charge in [0.1, 0.15) is 5.76 Å². The van der Waals surface area contributed by atoms with Crippen molar-refractivity contribution in [2.45, 2.75) is 118 Å². The second kappa shape index (κ2) is 6.35. The summed E-state index contributed by atoms with van der Waals surface area (Å²) in [6.07, 6.45) is 14.8. The smallest absolute Gasteiger partial charge is 0.145 e. The molecule has 6 aliphatic rings. The normalized spacial score (nSPS) is 54.3. The van der Waals surface area contributed by atoms with E-state index in [4.69, 9.17) is 9.26 Å². The second-order valence-corrected chi connectivity index (χ2v) is 15.9. The molecule has 1 saturated heterocycles. The summed E-state index contributed by atoms with van der Waals surface area (Å²) in [5.74, 6) is 4.26. The van der Waals surface area contributed by atoms with Crippen molar-refractivity contribution >= 4 is 0 Å². The molecule has 1 aromatic heterocycles. The minimum Gasteiger partial charge on any atom is -0.377 e. The van der Waals surface area contributed by atoms with E-state index < -0.39 is 0 Å². The highest BCUT2D eigenvalue weighted by molar-refractivity contribution is 5.32. The standard InChI is InChI=1S/C31H47NO2/c1-26(2)12-14-31-15-13-29(6)20(23(31)25(26)33-18-31)8-9-22-28(5)16-19-17-32-34-24(19)27(3,4)21(28)10-11-30(22,29)7/h17,20-23,25H,8-16,18H2,1-7H3/t20-,21+,22-,23+,25-,28+,29-,30-,31-/m1/s1. The van der Waals surface area contributed by atoms with Crippen LogP contribution in [-0.4, -0.2) is 17.9 Å². The Morgan fingerprint density at radius 2 is 1.59 bits per heavy atom. The molecule has 0 unspecified atom stereocenters. The van der Waals surface area contributed by atoms with E-state index in [2.05, 4.69) is 53.6 Å². The van der Waals surface area contributed by atoms with E-state index in [0.29, 0.717) is 39.1 Å². The monoisotopic (exact) mass is 465 g/mol. The van der Waals surface area contributed by atoms with Gasteiger partial charge in [-0.1, -0.05) is 53.6 Å². The molecule has 7 rings (SSSR count). The number of ether oxygens (including phenoxy) is 1. The van der Waals surface area contributed by atoms with Gasteiger partial charge < -0.3 is 9.26 Å². The van der Waals surface area contributed by atoms with Gasteiger partial charge in [-0.2, -0.15) is 0 Å². The summed E-state index contributed by atoms with van der Waals surface area (Å²) in [6, 6.07) is 0. The zero-order chi connectivity index (χ0) is 23.9. The highest BCUT2D eigenvalue weighted by atomic mass is 16.5. The summed E-state index contributed by atoms with van der Waals surface area (Å²) in [5.41, 5.74) is 3.46. The average molecular weight is 466 g/mol. The van der Waals surface area contributed by atoms with Gasteiger partial charge in [0.25, 0.3) is 0 Å². The third-order valence-corrected chi connectivity index (χ3v) is 14.1. The molecule has 2 bridgehead atoms. The van der Waals surface area contributed by atoms with Crippen LogP contribution in [-0.2, 0) is 16.6 Å². The van der Waals surface area contributed by atoms with Crippen LogP contribution in [0.2, 0.25) is 0 Å². The second-order valence-electron chi connectivity index (χ2n) is 15.9. The zero-order valence-corrected chi connectivity index (χ0v) is 22.8. The van der Waals surface area contributed by atoms with E-state index in [1.54, 1.807) is 0 Å². The van der Waals surface area contributed by atoms with Gasteiger partial charge >= 0.3 is 0 Å². The van der Waals surface area contributed by atoms with Crippen molar-refractivity contribution in [2.24, 2.45) is 50.7 Å². The summed E-state index contributed by atoms with van der Waals surface area (Å²) in [5, 5.41) is 4.28. The van der Waals surface area contributed by atoms with E-state index in [0.717, 1.165) is 30.8 Å². The van der Waals surface area contributed by atoms with Crippen LogP contribution in [0.3, 0.4) is 0 Å². The lowest BCUT2D eigenvalue weighted by atomic mass is 9.31. The van der Waals surface area contributed by atoms with Gasteiger partial charge in [0.2, 0.25) is 0 Å². The SMILES string of the molecule is CC1(C)CC[C@]23CC[C@]4(C)[C@H](CC[C@@H]5[C@@]6(C)Cc7cnoc7C(C)(C)[C@@H]6CC[C@]54C)[C@H]2[C@H]1OC3. The maximum absolute atomic E-state index is 6.74. The maximum atomic E-state index is 6.74. The van der Waals surface area contributed by atoms with Crippen molar-refractivity contribution in [3.63, 3.8) is 0 Å². The molecule has 2 heterocycles. The molecule has 0 N–H and O–H groups in total. The van der Waals surface area contributed by atoms with Gasteiger partial charge in [0.15, 0.2) is 0 Å². The van der Waals surface area contributed by atoms with Gasteiger partial charge in [0.05, 0.1) is 18.9 Å². The van der Waals surface area contributed by atoms with Crippen LogP contribution >= 0.6 is 0 Å². The molecule has 0 aromatic carbocycles. The molecule has 34 heavy (non-hydrogen) atoms. The summed E-state index contributed by atoms with van der Waals surface area (Å²) < 4.78 is 12.6. The number of fused-ring (bicyclic) bond motifs is 6. The van der Waals surface area contributed by atoms with E-state index in [1.165, 1.54) is 62.7 Å². The quantitative estimate of drug-likeness (QED) is 0.396. The molecular formula is C31H47NO2. The minimum atomic E-state index is 0.0783. The first kappa shape index (κ1) is 22.4. The Morgan fingerprint density at radius 3 is 2.38 bits per heavy atom. The first-order valence-electron chi connectivity index (χ1n) is 14.4. The van der Waals surface area contributed by atoms with Crippen molar-refractivity contribution in [3.05, 3.63) is 17.5 Å². The van der Waals surface area contributed by atoms with E-state index in [-0.39, 0.29) is 5.41 Å². The van der Waals surface area contributed by atoms with Crippen LogP contribution in [0.4, 0.5) is 0 Å². The molecule has 1 aliphatic heterocycles. The maximum Gasteiger partial charge on any atom is 0.145 e. The predicted molar refractivity (Wildman–Crippen MR) is 134 cm³/mol. The largest absolute Gasteiger partial charge is 0.377 e. The highest BCUT2D eigenvalue weighted by Gasteiger charge is 2.72. The molecule has 5 fully saturated rings. The molecule has 188 valence electrons. The summed E-state index contributed by atoms with van der Waals surface area (Å²) in [4.78, 5) is 0. The fourth-order valence-electron chi connectivity index (χ4n) is 12.3. The molecule has 9 atom stereocenters. The molecule has 0 spiro atoms. The van der Waals surface area contributed by atoms with Crippen molar-refractivity contribution in [2.75, 3.05) is 6.61 Å². The lowest BCUT2D eigenvalue weighted by Crippen LogP contribution is -2.67. The Kier molecular flexibility index (Phi) is 4.18. The van der Waals surface area contributed by atoms with E-state index in [9.17, 15) is 0 Å². The lowest BCUT2D eigenvalue weighted by Gasteiger charge is -2.72. The van der Waals surface area contributed by atoms with Crippen molar-refractivity contribution in [3.8, 4) is 0 Å². The van der Waals surface area contributed by atoms with Gasteiger partial charge in [-0.25, -0.2) is 0 Å². The van der Waals surface area contributed by atoms with Crippen LogP contribution in [0, 0.1) is 50.7 Å². The van der Waals surface area contributed by atoms with Crippen molar-refractivity contribution in [1.29, 1.82) is 0 Å². The van der Waals surface area contributed by atoms with E-state index in [1.807, 2.05) is 6.20 Å². The molecule has 1 aromatic rings. The Labute approximate surface area is 207 Å². The molecule has 0 radical (unpaired) electrons. The average Bonchev–Trinajstić information content (AvgIpc) is 3.35. The molecule has 3 heteroatoms. The van der Waals surface area contributed by atoms with Crippen molar-refractivity contribution in [1.82, 2.24) is 5.16 Å². The van der Waals surface area contributed by atoms with Gasteiger partial charge in [0, 0.05) is 11.0 Å². The minimum absolute atomic E-state index is 0.0783. The molecular weight excluding hydrogens is 418 g/mol. The highest BCUT2D eigenvalue weighted by Crippen LogP contribution is 2.77. The number of hydrogen-bond donors (Lipinski definition) is 0. The Morgan fingerprint density at radius 1 is 0.824 bits per heavy atom. The predicted octanol–water partition coefficient (Wildman–Crippen LogP) is 7.58. The fraction of sp³-hybridized carbons (Fsp3) is 0.903. The zero-order valence-electron chi connectivity index (χ0n) is 22.8. The first-order valence-corrected chi connectivity index (χ1v) is 14.4. The Balaban J connectivity index is 1.30. The van der Waals surface area contributed by atoms with Crippen molar-refractivity contribution < 1.29 is 9.26 Å². The van der Waals surface area contributed by atoms with Crippen LogP contribution in [0.15, 0.2) is 10.7 Å². The van der Waals surface area contributed by atoms with Crippen LogP contribution in [0.25, 0.3) is 0 Å². The third kappa shape index (κ3) is 2.34. The Hall–Kier alpha value is -0.830. The molecule has 4 saturated carbocycles. The summed E-state index contributed by atoms with van der Waals surface area (Å²) >= 11 is 0. The van der Waals surface area contributed by atoms with Gasteiger partial charge in [-0.15, -0.1) is 0 Å². The van der Waals surface area contributed by atoms with Gasteiger partial charge in [-0.3, -0.25) is 0 Å². The summed E-state index contributed by atoms with van der Waals surface area (Å²) in [6.45, 7) is 19.1. The summed E-state index contributed by atoms with van der Waals surface area (Å²) in [7, 11) is 0. The number of rotatable bonds is 0. The first-order chi connectivity index (χ1) is 15.9. The molecule has 5 aliphatic carbocycles.